The molecule has 3 aromatic rings. The largest absolute Gasteiger partial charge is 0.507 e. The lowest BCUT2D eigenvalue weighted by molar-refractivity contribution is 0.0959. The SMILES string of the molecule is O=C(NN=Cc1cc(Cc2ccccc2Cl)ccc1O)c1cccs1. The van der Waals surface area contributed by atoms with Gasteiger partial charge in [0.2, 0.25) is 0 Å². The number of carbonyl (C=O) groups is 1. The standard InChI is InChI=1S/C19H15ClN2O2S/c20-16-5-2-1-4-14(16)10-13-7-8-17(23)15(11-13)12-21-22-19(24)18-6-3-9-25-18/h1-9,11-12,23H,10H2,(H,22,24). The van der Waals surface area contributed by atoms with Gasteiger partial charge < -0.3 is 5.11 Å². The molecule has 1 aromatic heterocycles. The minimum absolute atomic E-state index is 0.0945. The smallest absolute Gasteiger partial charge is 0.281 e. The summed E-state index contributed by atoms with van der Waals surface area (Å²) in [5, 5.41) is 16.4. The summed E-state index contributed by atoms with van der Waals surface area (Å²) in [5.74, 6) is -0.185. The van der Waals surface area contributed by atoms with Gasteiger partial charge in [0.05, 0.1) is 11.1 Å². The third kappa shape index (κ3) is 4.47. The van der Waals surface area contributed by atoms with E-state index in [0.717, 1.165) is 11.1 Å². The van der Waals surface area contributed by atoms with E-state index in [9.17, 15) is 9.90 Å². The highest BCUT2D eigenvalue weighted by Crippen LogP contribution is 2.22. The summed E-state index contributed by atoms with van der Waals surface area (Å²) in [7, 11) is 0. The van der Waals surface area contributed by atoms with Gasteiger partial charge in [-0.2, -0.15) is 5.10 Å². The van der Waals surface area contributed by atoms with Crippen molar-refractivity contribution in [1.82, 2.24) is 5.43 Å². The summed E-state index contributed by atoms with van der Waals surface area (Å²) in [6.07, 6.45) is 2.07. The lowest BCUT2D eigenvalue weighted by Crippen LogP contribution is -2.16. The van der Waals surface area contributed by atoms with Crippen LogP contribution in [0.25, 0.3) is 0 Å². The quantitative estimate of drug-likeness (QED) is 0.514. The van der Waals surface area contributed by atoms with Crippen LogP contribution in [0.1, 0.15) is 26.4 Å². The molecular weight excluding hydrogens is 356 g/mol. The van der Waals surface area contributed by atoms with E-state index in [2.05, 4.69) is 10.5 Å². The Hall–Kier alpha value is -2.63. The fraction of sp³-hybridized carbons (Fsp3) is 0.0526. The fourth-order valence-electron chi connectivity index (χ4n) is 2.30. The van der Waals surface area contributed by atoms with Gasteiger partial charge in [-0.15, -0.1) is 11.3 Å². The van der Waals surface area contributed by atoms with Crippen molar-refractivity contribution in [3.05, 3.63) is 86.6 Å². The van der Waals surface area contributed by atoms with Gasteiger partial charge in [-0.3, -0.25) is 4.79 Å². The maximum absolute atomic E-state index is 11.8. The predicted molar refractivity (Wildman–Crippen MR) is 102 cm³/mol. The van der Waals surface area contributed by atoms with Gasteiger partial charge in [-0.25, -0.2) is 5.43 Å². The molecule has 0 aliphatic rings. The first-order valence-corrected chi connectivity index (χ1v) is 8.81. The van der Waals surface area contributed by atoms with Crippen molar-refractivity contribution in [2.24, 2.45) is 5.10 Å². The molecule has 25 heavy (non-hydrogen) atoms. The molecule has 2 aromatic carbocycles. The van der Waals surface area contributed by atoms with Gasteiger partial charge in [0, 0.05) is 10.6 Å². The van der Waals surface area contributed by atoms with Crippen molar-refractivity contribution < 1.29 is 9.90 Å². The molecule has 4 nitrogen and oxygen atoms in total. The lowest BCUT2D eigenvalue weighted by Gasteiger charge is -2.06. The zero-order valence-corrected chi connectivity index (χ0v) is 14.7. The Labute approximate surface area is 154 Å². The molecule has 0 saturated carbocycles. The molecular formula is C19H15ClN2O2S. The van der Waals surface area contributed by atoms with Crippen LogP contribution in [0, 0.1) is 0 Å². The Kier molecular flexibility index (Phi) is 5.48. The van der Waals surface area contributed by atoms with Crippen LogP contribution in [0.3, 0.4) is 0 Å². The first-order chi connectivity index (χ1) is 12.1. The number of benzene rings is 2. The summed E-state index contributed by atoms with van der Waals surface area (Å²) in [6, 6.07) is 16.4. The number of hydrazone groups is 1. The zero-order chi connectivity index (χ0) is 17.6. The van der Waals surface area contributed by atoms with E-state index < -0.39 is 0 Å². The number of phenolic OH excluding ortho intramolecular Hbond substituents is 1. The molecule has 126 valence electrons. The second-order valence-corrected chi connectivity index (χ2v) is 6.69. The number of aromatic hydroxyl groups is 1. The molecule has 3 rings (SSSR count). The van der Waals surface area contributed by atoms with Crippen molar-refractivity contribution in [2.75, 3.05) is 0 Å². The minimum atomic E-state index is -0.280. The predicted octanol–water partition coefficient (Wildman–Crippen LogP) is 4.46. The van der Waals surface area contributed by atoms with Crippen LogP contribution in [-0.2, 0) is 6.42 Å². The van der Waals surface area contributed by atoms with Crippen molar-refractivity contribution in [1.29, 1.82) is 0 Å². The molecule has 0 saturated heterocycles. The molecule has 6 heteroatoms. The maximum Gasteiger partial charge on any atom is 0.281 e. The first-order valence-electron chi connectivity index (χ1n) is 7.55. The zero-order valence-electron chi connectivity index (χ0n) is 13.1. The number of amides is 1. The number of halogens is 1. The summed E-state index contributed by atoms with van der Waals surface area (Å²) in [4.78, 5) is 12.4. The van der Waals surface area contributed by atoms with Crippen LogP contribution in [0.4, 0.5) is 0 Å². The Morgan fingerprint density at radius 2 is 2.04 bits per heavy atom. The van der Waals surface area contributed by atoms with E-state index in [1.807, 2.05) is 41.8 Å². The van der Waals surface area contributed by atoms with Crippen LogP contribution in [0.5, 0.6) is 5.75 Å². The average Bonchev–Trinajstić information content (AvgIpc) is 3.14. The summed E-state index contributed by atoms with van der Waals surface area (Å²) in [5.41, 5.74) is 4.96. The third-order valence-corrected chi connectivity index (χ3v) is 4.80. The number of phenols is 1. The second kappa shape index (κ2) is 7.96. The van der Waals surface area contributed by atoms with Crippen LogP contribution in [-0.4, -0.2) is 17.2 Å². The normalized spacial score (nSPS) is 10.9. The fourth-order valence-corrected chi connectivity index (χ4v) is 3.12. The molecule has 0 aliphatic heterocycles. The van der Waals surface area contributed by atoms with Gasteiger partial charge in [0.25, 0.3) is 5.91 Å². The van der Waals surface area contributed by atoms with Crippen LogP contribution < -0.4 is 5.43 Å². The van der Waals surface area contributed by atoms with E-state index in [-0.39, 0.29) is 11.7 Å². The molecule has 0 unspecified atom stereocenters. The van der Waals surface area contributed by atoms with Gasteiger partial charge in [0.15, 0.2) is 0 Å². The molecule has 0 spiro atoms. The Morgan fingerprint density at radius 1 is 1.20 bits per heavy atom. The molecule has 2 N–H and O–H groups in total. The van der Waals surface area contributed by atoms with E-state index in [4.69, 9.17) is 11.6 Å². The first kappa shape index (κ1) is 17.2. The number of carbonyl (C=O) groups excluding carboxylic acids is 1. The number of nitrogens with zero attached hydrogens (tertiary/aromatic N) is 1. The van der Waals surface area contributed by atoms with E-state index in [1.165, 1.54) is 17.6 Å². The number of thiophene rings is 1. The van der Waals surface area contributed by atoms with Crippen molar-refractivity contribution in [3.8, 4) is 5.75 Å². The van der Waals surface area contributed by atoms with Gasteiger partial charge in [0.1, 0.15) is 5.75 Å². The second-order valence-electron chi connectivity index (χ2n) is 5.34. The molecule has 0 bridgehead atoms. The monoisotopic (exact) mass is 370 g/mol. The Bertz CT molecular complexity index is 908. The molecule has 0 atom stereocenters. The maximum atomic E-state index is 11.8. The molecule has 1 amide bonds. The highest BCUT2D eigenvalue weighted by atomic mass is 35.5. The Morgan fingerprint density at radius 3 is 2.80 bits per heavy atom. The average molecular weight is 371 g/mol. The molecule has 0 aliphatic carbocycles. The number of rotatable bonds is 5. The number of hydrogen-bond donors (Lipinski definition) is 2. The van der Waals surface area contributed by atoms with Crippen LogP contribution in [0.2, 0.25) is 5.02 Å². The van der Waals surface area contributed by atoms with Gasteiger partial charge >= 0.3 is 0 Å². The third-order valence-electron chi connectivity index (χ3n) is 3.56. The Balaban J connectivity index is 1.72. The van der Waals surface area contributed by atoms with Crippen LogP contribution >= 0.6 is 22.9 Å². The number of hydrogen-bond acceptors (Lipinski definition) is 4. The van der Waals surface area contributed by atoms with Crippen molar-refractivity contribution >= 4 is 35.1 Å². The molecule has 1 heterocycles. The van der Waals surface area contributed by atoms with Gasteiger partial charge in [-0.05, 0) is 47.2 Å². The summed E-state index contributed by atoms with van der Waals surface area (Å²) < 4.78 is 0. The molecule has 0 radical (unpaired) electrons. The minimum Gasteiger partial charge on any atom is -0.507 e. The van der Waals surface area contributed by atoms with Crippen molar-refractivity contribution in [2.45, 2.75) is 6.42 Å². The van der Waals surface area contributed by atoms with Crippen molar-refractivity contribution in [3.63, 3.8) is 0 Å². The highest BCUT2D eigenvalue weighted by Gasteiger charge is 2.06. The summed E-state index contributed by atoms with van der Waals surface area (Å²) >= 11 is 7.53. The topological polar surface area (TPSA) is 61.7 Å². The molecule has 0 fully saturated rings. The van der Waals surface area contributed by atoms with E-state index >= 15 is 0 Å². The van der Waals surface area contributed by atoms with Crippen LogP contribution in [0.15, 0.2) is 65.1 Å². The highest BCUT2D eigenvalue weighted by molar-refractivity contribution is 7.12. The number of nitrogens with one attached hydrogen (secondary N) is 1. The van der Waals surface area contributed by atoms with E-state index in [0.29, 0.717) is 21.9 Å². The lowest BCUT2D eigenvalue weighted by atomic mass is 10.0. The van der Waals surface area contributed by atoms with Gasteiger partial charge in [-0.1, -0.05) is 41.9 Å². The summed E-state index contributed by atoms with van der Waals surface area (Å²) in [6.45, 7) is 0. The van der Waals surface area contributed by atoms with E-state index in [1.54, 1.807) is 18.2 Å².